The first kappa shape index (κ1) is 20.2. The van der Waals surface area contributed by atoms with Crippen LogP contribution in [0.1, 0.15) is 46.1 Å². The highest BCUT2D eigenvalue weighted by Crippen LogP contribution is 2.41. The highest BCUT2D eigenvalue weighted by molar-refractivity contribution is 6.13. The van der Waals surface area contributed by atoms with E-state index in [2.05, 4.69) is 5.10 Å². The number of anilines is 1. The molecule has 6 heteroatoms. The number of benzene rings is 2. The number of nitrogens with zero attached hydrogens (tertiary/aromatic N) is 4. The molecular formula is C26H26N4O2. The molecule has 1 aliphatic carbocycles. The number of aryl methyl sites for hydroxylation is 2. The predicted octanol–water partition coefficient (Wildman–Crippen LogP) is 5.01. The minimum absolute atomic E-state index is 0.0515. The molecule has 0 spiro atoms. The molecular weight excluding hydrogens is 400 g/mol. The Bertz CT molecular complexity index is 1270. The topological polar surface area (TPSA) is 60.2 Å². The zero-order valence-corrected chi connectivity index (χ0v) is 18.6. The Morgan fingerprint density at radius 2 is 1.84 bits per heavy atom. The summed E-state index contributed by atoms with van der Waals surface area (Å²) in [6, 6.07) is 19.6. The van der Waals surface area contributed by atoms with E-state index in [1.54, 1.807) is 11.8 Å². The normalized spacial score (nSPS) is 13.3. The number of fused-ring (bicyclic) bond motifs is 1. The maximum absolute atomic E-state index is 14.1. The first-order valence-corrected chi connectivity index (χ1v) is 10.9. The van der Waals surface area contributed by atoms with Crippen LogP contribution in [0.25, 0.3) is 11.0 Å². The molecule has 162 valence electrons. The Balaban J connectivity index is 1.64. The van der Waals surface area contributed by atoms with Crippen LogP contribution in [0.3, 0.4) is 0 Å². The van der Waals surface area contributed by atoms with Crippen LogP contribution in [0.5, 0.6) is 5.75 Å². The number of rotatable bonds is 6. The largest absolute Gasteiger partial charge is 0.497 e. The van der Waals surface area contributed by atoms with E-state index in [1.165, 1.54) is 0 Å². The fraction of sp³-hybridized carbons (Fsp3) is 0.269. The van der Waals surface area contributed by atoms with Gasteiger partial charge in [-0.05, 0) is 55.7 Å². The van der Waals surface area contributed by atoms with Gasteiger partial charge in [-0.2, -0.15) is 5.10 Å². The van der Waals surface area contributed by atoms with Gasteiger partial charge in [0.05, 0.1) is 30.3 Å². The van der Waals surface area contributed by atoms with E-state index in [-0.39, 0.29) is 5.91 Å². The minimum Gasteiger partial charge on any atom is -0.497 e. The molecule has 2 heterocycles. The van der Waals surface area contributed by atoms with Crippen LogP contribution in [0.2, 0.25) is 0 Å². The van der Waals surface area contributed by atoms with Gasteiger partial charge in [0.15, 0.2) is 5.65 Å². The molecule has 0 radical (unpaired) electrons. The van der Waals surface area contributed by atoms with E-state index in [4.69, 9.17) is 9.72 Å². The molecule has 0 atom stereocenters. The summed E-state index contributed by atoms with van der Waals surface area (Å²) in [6.07, 6.45) is 2.24. The van der Waals surface area contributed by atoms with Gasteiger partial charge in [0, 0.05) is 24.3 Å². The number of hydrogen-bond donors (Lipinski definition) is 0. The van der Waals surface area contributed by atoms with E-state index in [9.17, 15) is 4.79 Å². The predicted molar refractivity (Wildman–Crippen MR) is 125 cm³/mol. The van der Waals surface area contributed by atoms with Gasteiger partial charge >= 0.3 is 0 Å². The van der Waals surface area contributed by atoms with Crippen LogP contribution < -0.4 is 9.64 Å². The molecule has 0 aliphatic heterocycles. The van der Waals surface area contributed by atoms with Crippen molar-refractivity contribution in [3.05, 3.63) is 83.2 Å². The molecule has 0 N–H and O–H groups in total. The number of carbonyl (C=O) groups is 1. The Morgan fingerprint density at radius 1 is 1.12 bits per heavy atom. The molecule has 0 bridgehead atoms. The summed E-state index contributed by atoms with van der Waals surface area (Å²) in [6.45, 7) is 2.40. The monoisotopic (exact) mass is 426 g/mol. The quantitative estimate of drug-likeness (QED) is 0.435. The molecule has 1 amide bonds. The van der Waals surface area contributed by atoms with Crippen molar-refractivity contribution < 1.29 is 9.53 Å². The average molecular weight is 427 g/mol. The van der Waals surface area contributed by atoms with Gasteiger partial charge in [-0.15, -0.1) is 0 Å². The Morgan fingerprint density at radius 3 is 2.50 bits per heavy atom. The van der Waals surface area contributed by atoms with Crippen molar-refractivity contribution in [2.45, 2.75) is 32.2 Å². The van der Waals surface area contributed by atoms with Gasteiger partial charge in [0.1, 0.15) is 5.75 Å². The number of carbonyl (C=O) groups excluding carboxylic acids is 1. The molecule has 1 fully saturated rings. The highest BCUT2D eigenvalue weighted by atomic mass is 16.5. The second kappa shape index (κ2) is 8.11. The number of hydrogen-bond acceptors (Lipinski definition) is 4. The maximum atomic E-state index is 14.1. The van der Waals surface area contributed by atoms with Crippen LogP contribution in [0.15, 0.2) is 60.7 Å². The average Bonchev–Trinajstić information content (AvgIpc) is 3.63. The molecule has 4 aromatic rings. The first-order chi connectivity index (χ1) is 15.5. The van der Waals surface area contributed by atoms with Gasteiger partial charge in [0.25, 0.3) is 5.91 Å². The number of ether oxygens (including phenoxy) is 1. The fourth-order valence-electron chi connectivity index (χ4n) is 4.17. The van der Waals surface area contributed by atoms with E-state index in [0.29, 0.717) is 18.0 Å². The zero-order chi connectivity index (χ0) is 22.2. The van der Waals surface area contributed by atoms with Crippen molar-refractivity contribution in [3.63, 3.8) is 0 Å². The van der Waals surface area contributed by atoms with Crippen molar-refractivity contribution in [2.24, 2.45) is 7.05 Å². The fourth-order valence-corrected chi connectivity index (χ4v) is 4.17. The van der Waals surface area contributed by atoms with Crippen molar-refractivity contribution >= 4 is 22.6 Å². The van der Waals surface area contributed by atoms with Crippen molar-refractivity contribution in [3.8, 4) is 5.75 Å². The Labute approximate surface area is 187 Å². The zero-order valence-electron chi connectivity index (χ0n) is 18.6. The second-order valence-electron chi connectivity index (χ2n) is 8.35. The molecule has 6 nitrogen and oxygen atoms in total. The third-order valence-corrected chi connectivity index (χ3v) is 6.03. The molecule has 5 rings (SSSR count). The smallest absolute Gasteiger partial charge is 0.259 e. The van der Waals surface area contributed by atoms with E-state index < -0.39 is 0 Å². The lowest BCUT2D eigenvalue weighted by atomic mass is 10.1. The van der Waals surface area contributed by atoms with Crippen molar-refractivity contribution in [2.75, 3.05) is 12.0 Å². The lowest BCUT2D eigenvalue weighted by molar-refractivity contribution is 0.0986. The molecule has 2 aromatic carbocycles. The molecule has 32 heavy (non-hydrogen) atoms. The third-order valence-electron chi connectivity index (χ3n) is 6.03. The van der Waals surface area contributed by atoms with Crippen LogP contribution >= 0.6 is 0 Å². The summed E-state index contributed by atoms with van der Waals surface area (Å²) < 4.78 is 7.09. The molecule has 1 aliphatic rings. The minimum atomic E-state index is -0.0515. The summed E-state index contributed by atoms with van der Waals surface area (Å²) in [5, 5.41) is 5.39. The summed E-state index contributed by atoms with van der Waals surface area (Å²) in [4.78, 5) is 20.8. The standard InChI is InChI=1S/C26H26N4O2/c1-17-24-22(15-23(19-9-10-19)27-25(24)29(2)28-17)26(31)30(16-18-7-5-4-6-8-18)20-11-13-21(32-3)14-12-20/h4-8,11-15,19H,9-10,16H2,1-3H3. The van der Waals surface area contributed by atoms with Crippen LogP contribution in [0, 0.1) is 6.92 Å². The van der Waals surface area contributed by atoms with Gasteiger partial charge in [-0.1, -0.05) is 30.3 Å². The first-order valence-electron chi connectivity index (χ1n) is 10.9. The number of amides is 1. The van der Waals surface area contributed by atoms with E-state index in [0.717, 1.165) is 52.3 Å². The summed E-state index contributed by atoms with van der Waals surface area (Å²) in [5.74, 6) is 1.14. The third kappa shape index (κ3) is 3.73. The van der Waals surface area contributed by atoms with Gasteiger partial charge < -0.3 is 9.64 Å². The number of aromatic nitrogens is 3. The van der Waals surface area contributed by atoms with E-state index >= 15 is 0 Å². The van der Waals surface area contributed by atoms with Crippen LogP contribution in [0.4, 0.5) is 5.69 Å². The Kier molecular flexibility index (Phi) is 5.13. The molecule has 1 saturated carbocycles. The Hall–Kier alpha value is -3.67. The van der Waals surface area contributed by atoms with Crippen LogP contribution in [-0.2, 0) is 13.6 Å². The molecule has 0 saturated heterocycles. The summed E-state index contributed by atoms with van der Waals surface area (Å²) in [5.41, 5.74) is 5.11. The number of pyridine rings is 1. The maximum Gasteiger partial charge on any atom is 0.259 e. The van der Waals surface area contributed by atoms with E-state index in [1.807, 2.05) is 79.5 Å². The molecule has 2 aromatic heterocycles. The van der Waals surface area contributed by atoms with Crippen molar-refractivity contribution in [1.82, 2.24) is 14.8 Å². The highest BCUT2D eigenvalue weighted by Gasteiger charge is 2.30. The van der Waals surface area contributed by atoms with Crippen molar-refractivity contribution in [1.29, 1.82) is 0 Å². The second-order valence-corrected chi connectivity index (χ2v) is 8.35. The van der Waals surface area contributed by atoms with Gasteiger partial charge in [-0.3, -0.25) is 9.48 Å². The number of methoxy groups -OCH3 is 1. The van der Waals surface area contributed by atoms with Gasteiger partial charge in [-0.25, -0.2) is 4.98 Å². The lowest BCUT2D eigenvalue weighted by Crippen LogP contribution is -2.30. The van der Waals surface area contributed by atoms with Gasteiger partial charge in [0.2, 0.25) is 0 Å². The summed E-state index contributed by atoms with van der Waals surface area (Å²) in [7, 11) is 3.53. The summed E-state index contributed by atoms with van der Waals surface area (Å²) >= 11 is 0. The molecule has 0 unspecified atom stereocenters. The lowest BCUT2D eigenvalue weighted by Gasteiger charge is -2.24. The SMILES string of the molecule is COc1ccc(N(Cc2ccccc2)C(=O)c2cc(C3CC3)nc3c2c(C)nn3C)cc1. The van der Waals surface area contributed by atoms with Crippen LogP contribution in [-0.4, -0.2) is 27.8 Å².